The number of pyridine rings is 1. The number of anilines is 1. The number of carbonyl (C=O) groups is 2. The molecule has 6 nitrogen and oxygen atoms in total. The van der Waals surface area contributed by atoms with E-state index in [1.807, 2.05) is 0 Å². The van der Waals surface area contributed by atoms with Gasteiger partial charge in [-0.25, -0.2) is 4.39 Å². The van der Waals surface area contributed by atoms with Crippen molar-refractivity contribution in [2.75, 3.05) is 4.90 Å². The van der Waals surface area contributed by atoms with Gasteiger partial charge in [-0.05, 0) is 66.6 Å². The number of ketones is 1. The van der Waals surface area contributed by atoms with E-state index in [2.05, 4.69) is 4.98 Å². The van der Waals surface area contributed by atoms with E-state index in [0.717, 1.165) is 4.90 Å². The maximum absolute atomic E-state index is 13.7. The van der Waals surface area contributed by atoms with E-state index in [1.54, 1.807) is 12.1 Å². The molecule has 0 spiro atoms. The van der Waals surface area contributed by atoms with Gasteiger partial charge in [0.15, 0.2) is 0 Å². The maximum Gasteiger partial charge on any atom is 0.300 e. The van der Waals surface area contributed by atoms with Crippen LogP contribution < -0.4 is 4.90 Å². The van der Waals surface area contributed by atoms with Crippen LogP contribution in [0.15, 0.2) is 66.5 Å². The molecule has 1 aromatic heterocycles. The molecule has 0 aliphatic carbocycles. The first kappa shape index (κ1) is 20.6. The van der Waals surface area contributed by atoms with Crippen molar-refractivity contribution in [3.05, 3.63) is 94.0 Å². The maximum atomic E-state index is 13.7. The van der Waals surface area contributed by atoms with Crippen LogP contribution >= 0.6 is 11.6 Å². The molecule has 0 saturated carbocycles. The van der Waals surface area contributed by atoms with Crippen molar-refractivity contribution in [2.24, 2.45) is 0 Å². The second kappa shape index (κ2) is 7.85. The predicted octanol–water partition coefficient (Wildman–Crippen LogP) is 4.51. The van der Waals surface area contributed by atoms with E-state index in [-0.39, 0.29) is 33.2 Å². The lowest BCUT2D eigenvalue weighted by Gasteiger charge is -2.26. The number of carbonyl (C=O) groups excluding carboxylic acids is 2. The highest BCUT2D eigenvalue weighted by molar-refractivity contribution is 6.52. The number of amides is 1. The minimum Gasteiger partial charge on any atom is -0.507 e. The highest BCUT2D eigenvalue weighted by Gasteiger charge is 2.47. The van der Waals surface area contributed by atoms with Crippen molar-refractivity contribution in [1.29, 1.82) is 0 Å². The lowest BCUT2D eigenvalue weighted by molar-refractivity contribution is -0.132. The second-order valence-electron chi connectivity index (χ2n) is 7.05. The van der Waals surface area contributed by atoms with Crippen molar-refractivity contribution in [2.45, 2.75) is 13.0 Å². The number of aliphatic hydroxyl groups is 1. The summed E-state index contributed by atoms with van der Waals surface area (Å²) in [6.45, 7) is 1.52. The van der Waals surface area contributed by atoms with Crippen LogP contribution in [0, 0.1) is 12.7 Å². The molecule has 1 amide bonds. The minimum atomic E-state index is -1.06. The Hall–Kier alpha value is -3.71. The van der Waals surface area contributed by atoms with Crippen molar-refractivity contribution in [3.63, 3.8) is 0 Å². The summed E-state index contributed by atoms with van der Waals surface area (Å²) in [4.78, 5) is 31.1. The van der Waals surface area contributed by atoms with Gasteiger partial charge in [0.25, 0.3) is 11.7 Å². The first-order valence-electron chi connectivity index (χ1n) is 9.25. The molecule has 1 aliphatic heterocycles. The van der Waals surface area contributed by atoms with Crippen LogP contribution in [0.2, 0.25) is 5.02 Å². The number of aromatic nitrogens is 1. The number of phenolic OH excluding ortho intramolecular Hbond substituents is 1. The molecule has 2 heterocycles. The normalized spacial score (nSPS) is 17.9. The van der Waals surface area contributed by atoms with E-state index < -0.39 is 29.3 Å². The Kier molecular flexibility index (Phi) is 5.20. The van der Waals surface area contributed by atoms with Crippen LogP contribution in [0.5, 0.6) is 5.75 Å². The number of hydrogen-bond acceptors (Lipinski definition) is 5. The Bertz CT molecular complexity index is 1240. The third-order valence-corrected chi connectivity index (χ3v) is 5.33. The average molecular weight is 439 g/mol. The number of halogens is 2. The summed E-state index contributed by atoms with van der Waals surface area (Å²) in [5.74, 6) is -3.07. The quantitative estimate of drug-likeness (QED) is 0.356. The Morgan fingerprint density at radius 1 is 1.10 bits per heavy atom. The molecule has 1 unspecified atom stereocenters. The largest absolute Gasteiger partial charge is 0.507 e. The zero-order valence-corrected chi connectivity index (χ0v) is 17.0. The number of Topliss-reactive ketones (excluding diaryl/α,β-unsaturated/α-hetero) is 1. The number of aromatic hydroxyl groups is 1. The number of aryl methyl sites for hydroxylation is 1. The van der Waals surface area contributed by atoms with Crippen molar-refractivity contribution >= 4 is 34.7 Å². The topological polar surface area (TPSA) is 90.7 Å². The molecule has 3 aromatic rings. The van der Waals surface area contributed by atoms with E-state index >= 15 is 0 Å². The molecule has 1 atom stereocenters. The zero-order chi connectivity index (χ0) is 22.3. The molecule has 4 rings (SSSR count). The standard InChI is InChI=1S/C23H16ClFN2O4/c1-12-10-14(2-4-16(12)25)21(29)19-20(13-6-8-26-9-7-13)27(23(31)22(19)30)17-11-15(24)3-5-18(17)28/h2-11,20,28-29H,1H3/b21-19+. The van der Waals surface area contributed by atoms with Gasteiger partial charge in [0, 0.05) is 23.0 Å². The fraction of sp³-hybridized carbons (Fsp3) is 0.0870. The van der Waals surface area contributed by atoms with Gasteiger partial charge in [-0.15, -0.1) is 0 Å². The summed E-state index contributed by atoms with van der Waals surface area (Å²) in [5, 5.41) is 21.6. The van der Waals surface area contributed by atoms with E-state index in [9.17, 15) is 24.2 Å². The van der Waals surface area contributed by atoms with Gasteiger partial charge in [0.2, 0.25) is 0 Å². The van der Waals surface area contributed by atoms with Gasteiger partial charge in [-0.2, -0.15) is 0 Å². The Labute approximate surface area is 181 Å². The summed E-state index contributed by atoms with van der Waals surface area (Å²) >= 11 is 6.06. The molecule has 1 aliphatic rings. The minimum absolute atomic E-state index is 0.0192. The highest BCUT2D eigenvalue weighted by atomic mass is 35.5. The predicted molar refractivity (Wildman–Crippen MR) is 113 cm³/mol. The van der Waals surface area contributed by atoms with Crippen LogP contribution in [0.1, 0.15) is 22.7 Å². The van der Waals surface area contributed by atoms with Crippen molar-refractivity contribution in [1.82, 2.24) is 4.98 Å². The summed E-state index contributed by atoms with van der Waals surface area (Å²) in [7, 11) is 0. The van der Waals surface area contributed by atoms with Gasteiger partial charge < -0.3 is 10.2 Å². The van der Waals surface area contributed by atoms with Crippen molar-refractivity contribution in [3.8, 4) is 5.75 Å². The first-order chi connectivity index (χ1) is 14.8. The summed E-state index contributed by atoms with van der Waals surface area (Å²) in [6, 6.07) is 10.1. The molecule has 0 radical (unpaired) electrons. The number of nitrogens with zero attached hydrogens (tertiary/aromatic N) is 2. The first-order valence-corrected chi connectivity index (χ1v) is 9.63. The fourth-order valence-corrected chi connectivity index (χ4v) is 3.75. The molecule has 8 heteroatoms. The number of hydrogen-bond donors (Lipinski definition) is 2. The average Bonchev–Trinajstić information content (AvgIpc) is 3.02. The van der Waals surface area contributed by atoms with Gasteiger partial charge in [-0.3, -0.25) is 19.5 Å². The molecule has 0 bridgehead atoms. The molecule has 2 aromatic carbocycles. The lowest BCUT2D eigenvalue weighted by atomic mass is 9.95. The van der Waals surface area contributed by atoms with Crippen LogP contribution in [0.25, 0.3) is 5.76 Å². The zero-order valence-electron chi connectivity index (χ0n) is 16.2. The van der Waals surface area contributed by atoms with Crippen LogP contribution in [-0.2, 0) is 9.59 Å². The van der Waals surface area contributed by atoms with Crippen LogP contribution in [0.4, 0.5) is 10.1 Å². The monoisotopic (exact) mass is 438 g/mol. The van der Waals surface area contributed by atoms with E-state index in [1.165, 1.54) is 55.7 Å². The van der Waals surface area contributed by atoms with Gasteiger partial charge in [0.05, 0.1) is 17.3 Å². The summed E-state index contributed by atoms with van der Waals surface area (Å²) in [5.41, 5.74) is 0.763. The molecular formula is C23H16ClFN2O4. The van der Waals surface area contributed by atoms with Crippen molar-refractivity contribution < 1.29 is 24.2 Å². The molecule has 31 heavy (non-hydrogen) atoms. The Balaban J connectivity index is 1.98. The number of aliphatic hydroxyl groups excluding tert-OH is 1. The smallest absolute Gasteiger partial charge is 0.300 e. The van der Waals surface area contributed by atoms with Crippen LogP contribution in [-0.4, -0.2) is 26.9 Å². The SMILES string of the molecule is Cc1cc(/C(O)=C2\C(=O)C(=O)N(c3cc(Cl)ccc3O)C2c2ccncc2)ccc1F. The molecule has 156 valence electrons. The fourth-order valence-electron chi connectivity index (χ4n) is 3.58. The lowest BCUT2D eigenvalue weighted by Crippen LogP contribution is -2.29. The number of phenols is 1. The Morgan fingerprint density at radius 2 is 1.81 bits per heavy atom. The van der Waals surface area contributed by atoms with Crippen LogP contribution in [0.3, 0.4) is 0 Å². The molecular weight excluding hydrogens is 423 g/mol. The molecule has 2 N–H and O–H groups in total. The van der Waals surface area contributed by atoms with Gasteiger partial charge in [-0.1, -0.05) is 11.6 Å². The molecule has 1 fully saturated rings. The summed E-state index contributed by atoms with van der Waals surface area (Å²) in [6.07, 6.45) is 2.96. The molecule has 1 saturated heterocycles. The van der Waals surface area contributed by atoms with Gasteiger partial charge in [0.1, 0.15) is 17.3 Å². The Morgan fingerprint density at radius 3 is 2.48 bits per heavy atom. The number of benzene rings is 2. The van der Waals surface area contributed by atoms with E-state index in [4.69, 9.17) is 11.6 Å². The van der Waals surface area contributed by atoms with E-state index in [0.29, 0.717) is 5.56 Å². The third-order valence-electron chi connectivity index (χ3n) is 5.09. The van der Waals surface area contributed by atoms with Gasteiger partial charge >= 0.3 is 0 Å². The second-order valence-corrected chi connectivity index (χ2v) is 7.48. The summed E-state index contributed by atoms with van der Waals surface area (Å²) < 4.78 is 13.7. The third kappa shape index (κ3) is 3.53. The number of rotatable bonds is 3. The highest BCUT2D eigenvalue weighted by Crippen LogP contribution is 2.45.